The van der Waals surface area contributed by atoms with Crippen molar-refractivity contribution in [1.82, 2.24) is 5.32 Å². The molecule has 1 atom stereocenters. The van der Waals surface area contributed by atoms with Gasteiger partial charge in [-0.25, -0.2) is 4.79 Å². The highest BCUT2D eigenvalue weighted by Gasteiger charge is 2.17. The predicted molar refractivity (Wildman–Crippen MR) is 62.1 cm³/mol. The second kappa shape index (κ2) is 6.93. The molecule has 0 aromatic heterocycles. The molecule has 1 N–H and O–H groups in total. The summed E-state index contributed by atoms with van der Waals surface area (Å²) in [6.45, 7) is 6.98. The van der Waals surface area contributed by atoms with Crippen molar-refractivity contribution in [2.24, 2.45) is 0 Å². The average Bonchev–Trinajstić information content (AvgIpc) is 2.00. The van der Waals surface area contributed by atoms with Gasteiger partial charge in [0.15, 0.2) is 0 Å². The van der Waals surface area contributed by atoms with E-state index in [0.29, 0.717) is 11.5 Å². The Hall–Kier alpha value is -0.450. The van der Waals surface area contributed by atoms with E-state index in [1.165, 1.54) is 11.8 Å². The van der Waals surface area contributed by atoms with Crippen LogP contribution in [0.3, 0.4) is 0 Å². The molecule has 0 heterocycles. The number of halogens is 1. The van der Waals surface area contributed by atoms with E-state index in [1.54, 1.807) is 0 Å². The normalized spacial score (nSPS) is 13.4. The van der Waals surface area contributed by atoms with Crippen LogP contribution in [0.2, 0.25) is 0 Å². The third kappa shape index (κ3) is 9.85. The molecule has 0 aliphatic rings. The minimum atomic E-state index is -0.476. The number of carbonyl (C=O) groups excluding carboxylic acids is 1. The summed E-state index contributed by atoms with van der Waals surface area (Å²) in [6, 6.07) is -0.00333. The van der Waals surface area contributed by atoms with Crippen molar-refractivity contribution in [3.63, 3.8) is 0 Å². The summed E-state index contributed by atoms with van der Waals surface area (Å²) in [6.07, 6.45) is -0.421. The molecule has 0 spiro atoms. The summed E-state index contributed by atoms with van der Waals surface area (Å²) < 4.78 is 16.9. The molecule has 0 aliphatic heterocycles. The van der Waals surface area contributed by atoms with E-state index < -0.39 is 11.7 Å². The van der Waals surface area contributed by atoms with E-state index in [9.17, 15) is 9.18 Å². The first-order valence-corrected chi connectivity index (χ1v) is 6.14. The summed E-state index contributed by atoms with van der Waals surface area (Å²) in [5.41, 5.74) is -0.476. The van der Waals surface area contributed by atoms with Crippen molar-refractivity contribution >= 4 is 17.9 Å². The average molecular weight is 237 g/mol. The molecule has 0 fully saturated rings. The Morgan fingerprint density at radius 2 is 2.13 bits per heavy atom. The first-order valence-electron chi connectivity index (χ1n) is 4.98. The monoisotopic (exact) mass is 237 g/mol. The first-order chi connectivity index (χ1) is 6.85. The lowest BCUT2D eigenvalue weighted by atomic mass is 10.2. The number of nitrogens with one attached hydrogen (secondary N) is 1. The third-order valence-corrected chi connectivity index (χ3v) is 2.53. The number of amides is 1. The van der Waals surface area contributed by atoms with Gasteiger partial charge in [0.25, 0.3) is 0 Å². The maximum atomic E-state index is 11.8. The molecule has 0 saturated carbocycles. The molecule has 1 amide bonds. The molecule has 0 aromatic rings. The van der Waals surface area contributed by atoms with Crippen molar-refractivity contribution in [2.75, 3.05) is 18.2 Å². The van der Waals surface area contributed by atoms with E-state index in [0.717, 1.165) is 0 Å². The number of alkyl halides is 1. The van der Waals surface area contributed by atoms with Crippen molar-refractivity contribution in [1.29, 1.82) is 0 Å². The van der Waals surface area contributed by atoms with Crippen LogP contribution in [0.5, 0.6) is 0 Å². The summed E-state index contributed by atoms with van der Waals surface area (Å²) in [5.74, 6) is 1.17. The predicted octanol–water partition coefficient (Wildman–Crippen LogP) is 2.60. The van der Waals surface area contributed by atoms with Gasteiger partial charge in [-0.3, -0.25) is 4.39 Å². The van der Waals surface area contributed by atoms with E-state index in [4.69, 9.17) is 4.74 Å². The maximum absolute atomic E-state index is 11.8. The molecule has 0 aliphatic carbocycles. The first kappa shape index (κ1) is 14.6. The van der Waals surface area contributed by atoms with E-state index in [-0.39, 0.29) is 12.7 Å². The van der Waals surface area contributed by atoms with Gasteiger partial charge in [-0.1, -0.05) is 0 Å². The highest BCUT2D eigenvalue weighted by Crippen LogP contribution is 2.08. The molecule has 0 unspecified atom stereocenters. The highest BCUT2D eigenvalue weighted by atomic mass is 32.2. The zero-order valence-corrected chi connectivity index (χ0v) is 10.6. The van der Waals surface area contributed by atoms with Crippen molar-refractivity contribution in [2.45, 2.75) is 39.3 Å². The summed E-state index contributed by atoms with van der Waals surface area (Å²) in [4.78, 5) is 11.3. The number of hydrogen-bond acceptors (Lipinski definition) is 3. The molecule has 3 nitrogen and oxygen atoms in total. The van der Waals surface area contributed by atoms with Crippen molar-refractivity contribution < 1.29 is 13.9 Å². The summed E-state index contributed by atoms with van der Waals surface area (Å²) in [7, 11) is 0. The van der Waals surface area contributed by atoms with Gasteiger partial charge in [-0.15, -0.1) is 0 Å². The molecule has 90 valence electrons. The number of hydrogen-bond donors (Lipinski definition) is 1. The molecule has 0 rings (SSSR count). The Morgan fingerprint density at radius 3 is 2.60 bits per heavy atom. The highest BCUT2D eigenvalue weighted by molar-refractivity contribution is 7.99. The van der Waals surface area contributed by atoms with E-state index >= 15 is 0 Å². The van der Waals surface area contributed by atoms with Crippen LogP contribution in [0.25, 0.3) is 0 Å². The molecule has 0 aromatic carbocycles. The fourth-order valence-electron chi connectivity index (χ4n) is 0.865. The minimum Gasteiger partial charge on any atom is -0.444 e. The standard InChI is InChI=1S/C10H20FNO2S/c1-8(7-15-6-5-11)12-9(13)14-10(2,3)4/h8H,5-7H2,1-4H3,(H,12,13)/t8-/m1/s1. The molecular formula is C10H20FNO2S. The topological polar surface area (TPSA) is 38.3 Å². The second-order valence-corrected chi connectivity index (χ2v) is 5.46. The number of alkyl carbamates (subject to hydrolysis) is 1. The van der Waals surface area contributed by atoms with Crippen LogP contribution in [0.1, 0.15) is 27.7 Å². The van der Waals surface area contributed by atoms with Crippen LogP contribution < -0.4 is 5.32 Å². The zero-order valence-electron chi connectivity index (χ0n) is 9.80. The van der Waals surface area contributed by atoms with Gasteiger partial charge in [-0.05, 0) is 27.7 Å². The van der Waals surface area contributed by atoms with E-state index in [2.05, 4.69) is 5.32 Å². The fourth-order valence-corrected chi connectivity index (χ4v) is 1.58. The van der Waals surface area contributed by atoms with Crippen LogP contribution in [-0.2, 0) is 4.74 Å². The Morgan fingerprint density at radius 1 is 1.53 bits per heavy atom. The molecule has 0 bridgehead atoms. The van der Waals surface area contributed by atoms with Gasteiger partial charge in [0.2, 0.25) is 0 Å². The van der Waals surface area contributed by atoms with Gasteiger partial charge in [-0.2, -0.15) is 11.8 Å². The van der Waals surface area contributed by atoms with Crippen molar-refractivity contribution in [3.8, 4) is 0 Å². The quantitative estimate of drug-likeness (QED) is 0.747. The Labute approximate surface area is 95.1 Å². The SMILES string of the molecule is C[C@H](CSCCF)NC(=O)OC(C)(C)C. The van der Waals surface area contributed by atoms with Crippen LogP contribution in [0.15, 0.2) is 0 Å². The number of carbonyl (C=O) groups is 1. The molecular weight excluding hydrogens is 217 g/mol. The summed E-state index contributed by atoms with van der Waals surface area (Å²) >= 11 is 1.48. The van der Waals surface area contributed by atoms with Gasteiger partial charge in [0.05, 0.1) is 6.67 Å². The lowest BCUT2D eigenvalue weighted by molar-refractivity contribution is 0.0513. The second-order valence-electron chi connectivity index (χ2n) is 4.31. The van der Waals surface area contributed by atoms with E-state index in [1.807, 2.05) is 27.7 Å². The molecule has 0 radical (unpaired) electrons. The third-order valence-electron chi connectivity index (χ3n) is 1.35. The summed E-state index contributed by atoms with van der Waals surface area (Å²) in [5, 5.41) is 2.69. The van der Waals surface area contributed by atoms with Gasteiger partial charge >= 0.3 is 6.09 Å². The largest absolute Gasteiger partial charge is 0.444 e. The minimum absolute atomic E-state index is 0.00333. The number of rotatable bonds is 5. The van der Waals surface area contributed by atoms with Gasteiger partial charge in [0.1, 0.15) is 5.60 Å². The Bertz CT molecular complexity index is 194. The zero-order chi connectivity index (χ0) is 11.9. The molecule has 5 heteroatoms. The Balaban J connectivity index is 3.67. The molecule has 0 saturated heterocycles. The molecule has 15 heavy (non-hydrogen) atoms. The van der Waals surface area contributed by atoms with Gasteiger partial charge < -0.3 is 10.1 Å². The lowest BCUT2D eigenvalue weighted by Gasteiger charge is -2.21. The van der Waals surface area contributed by atoms with Crippen LogP contribution >= 0.6 is 11.8 Å². The Kier molecular flexibility index (Phi) is 6.72. The van der Waals surface area contributed by atoms with Crippen LogP contribution in [0, 0.1) is 0 Å². The maximum Gasteiger partial charge on any atom is 0.407 e. The van der Waals surface area contributed by atoms with Gasteiger partial charge in [0, 0.05) is 17.5 Å². The van der Waals surface area contributed by atoms with Crippen LogP contribution in [0.4, 0.5) is 9.18 Å². The van der Waals surface area contributed by atoms with Crippen molar-refractivity contribution in [3.05, 3.63) is 0 Å². The number of ether oxygens (including phenoxy) is 1. The lowest BCUT2D eigenvalue weighted by Crippen LogP contribution is -2.38. The number of thioether (sulfide) groups is 1. The smallest absolute Gasteiger partial charge is 0.407 e. The van der Waals surface area contributed by atoms with Crippen LogP contribution in [-0.4, -0.2) is 35.9 Å². The fraction of sp³-hybridized carbons (Fsp3) is 0.900.